The molecule has 126 valence electrons. The number of imidazole rings is 1. The first kappa shape index (κ1) is 17.6. The van der Waals surface area contributed by atoms with E-state index in [0.29, 0.717) is 5.02 Å². The van der Waals surface area contributed by atoms with Crippen LogP contribution in [0.15, 0.2) is 35.6 Å². The number of halogens is 2. The predicted molar refractivity (Wildman–Crippen MR) is 103 cm³/mol. The van der Waals surface area contributed by atoms with Crippen LogP contribution in [0.5, 0.6) is 0 Å². The number of aryl methyl sites for hydroxylation is 3. The molecule has 2 aromatic heterocycles. The van der Waals surface area contributed by atoms with Gasteiger partial charge in [0.2, 0.25) is 0 Å². The molecule has 0 aliphatic rings. The van der Waals surface area contributed by atoms with Gasteiger partial charge in [-0.1, -0.05) is 23.2 Å². The Labute approximate surface area is 156 Å². The van der Waals surface area contributed by atoms with Gasteiger partial charge >= 0.3 is 0 Å². The third-order valence-corrected chi connectivity index (χ3v) is 5.91. The highest BCUT2D eigenvalue weighted by molar-refractivity contribution is 7.99. The second kappa shape index (κ2) is 7.77. The molecular weight excluding hydrogens is 361 g/mol. The second-order valence-corrected chi connectivity index (χ2v) is 7.75. The zero-order chi connectivity index (χ0) is 17.1. The molecule has 0 spiro atoms. The lowest BCUT2D eigenvalue weighted by Crippen LogP contribution is -1.99. The van der Waals surface area contributed by atoms with Crippen molar-refractivity contribution in [2.75, 3.05) is 5.75 Å². The van der Waals surface area contributed by atoms with Gasteiger partial charge in [-0.05, 0) is 56.2 Å². The van der Waals surface area contributed by atoms with Crippen LogP contribution in [-0.2, 0) is 6.54 Å². The van der Waals surface area contributed by atoms with E-state index in [1.54, 1.807) is 17.8 Å². The van der Waals surface area contributed by atoms with Crippen LogP contribution in [0, 0.1) is 13.8 Å². The summed E-state index contributed by atoms with van der Waals surface area (Å²) in [4.78, 5) is 9.92. The minimum Gasteiger partial charge on any atom is -0.330 e. The first-order valence-electron chi connectivity index (χ1n) is 7.91. The van der Waals surface area contributed by atoms with Crippen LogP contribution in [-0.4, -0.2) is 20.3 Å². The molecule has 0 amide bonds. The number of aromatic nitrogens is 3. The second-order valence-electron chi connectivity index (χ2n) is 5.77. The zero-order valence-electron chi connectivity index (χ0n) is 13.7. The standard InChI is InChI=1S/C18H19Cl2N3S/c1-12-13(2)21-10-16-18(12)23(11-22-16)7-3-4-8-24-17-6-5-14(19)9-15(17)20/h5-6,9-11H,3-4,7-8H2,1-2H3. The average Bonchev–Trinajstić information content (AvgIpc) is 2.96. The molecule has 6 heteroatoms. The van der Waals surface area contributed by atoms with Crippen molar-refractivity contribution in [1.82, 2.24) is 14.5 Å². The maximum atomic E-state index is 6.20. The van der Waals surface area contributed by atoms with E-state index in [0.717, 1.165) is 46.3 Å². The molecule has 0 unspecified atom stereocenters. The van der Waals surface area contributed by atoms with Gasteiger partial charge in [-0.2, -0.15) is 0 Å². The van der Waals surface area contributed by atoms with Gasteiger partial charge < -0.3 is 4.57 Å². The molecule has 3 nitrogen and oxygen atoms in total. The molecule has 0 fully saturated rings. The first-order chi connectivity index (χ1) is 11.6. The Morgan fingerprint density at radius 1 is 1.12 bits per heavy atom. The number of thioether (sulfide) groups is 1. The molecule has 0 radical (unpaired) electrons. The van der Waals surface area contributed by atoms with Crippen LogP contribution in [0.4, 0.5) is 0 Å². The fourth-order valence-corrected chi connectivity index (χ4v) is 4.16. The topological polar surface area (TPSA) is 30.7 Å². The normalized spacial score (nSPS) is 11.3. The summed E-state index contributed by atoms with van der Waals surface area (Å²) in [6, 6.07) is 5.66. The minimum absolute atomic E-state index is 0.677. The van der Waals surface area contributed by atoms with Crippen molar-refractivity contribution < 1.29 is 0 Å². The summed E-state index contributed by atoms with van der Waals surface area (Å²) >= 11 is 13.9. The van der Waals surface area contributed by atoms with E-state index in [1.807, 2.05) is 31.6 Å². The number of fused-ring (bicyclic) bond motifs is 1. The Bertz CT molecular complexity index is 861. The fraction of sp³-hybridized carbons (Fsp3) is 0.333. The van der Waals surface area contributed by atoms with E-state index in [2.05, 4.69) is 21.5 Å². The summed E-state index contributed by atoms with van der Waals surface area (Å²) in [7, 11) is 0. The first-order valence-corrected chi connectivity index (χ1v) is 9.65. The number of hydrogen-bond donors (Lipinski definition) is 0. The molecule has 2 heterocycles. The van der Waals surface area contributed by atoms with Gasteiger partial charge in [0.25, 0.3) is 0 Å². The van der Waals surface area contributed by atoms with E-state index < -0.39 is 0 Å². The van der Waals surface area contributed by atoms with Crippen LogP contribution < -0.4 is 0 Å². The largest absolute Gasteiger partial charge is 0.330 e. The van der Waals surface area contributed by atoms with Crippen LogP contribution in [0.25, 0.3) is 11.0 Å². The van der Waals surface area contributed by atoms with Crippen LogP contribution in [0.2, 0.25) is 10.0 Å². The summed E-state index contributed by atoms with van der Waals surface area (Å²) in [6.45, 7) is 5.12. The summed E-state index contributed by atoms with van der Waals surface area (Å²) in [6.07, 6.45) is 5.99. The summed E-state index contributed by atoms with van der Waals surface area (Å²) < 4.78 is 2.24. The van der Waals surface area contributed by atoms with E-state index in [9.17, 15) is 0 Å². The SMILES string of the molecule is Cc1ncc2ncn(CCCCSc3ccc(Cl)cc3Cl)c2c1C. The number of hydrogen-bond acceptors (Lipinski definition) is 3. The van der Waals surface area contributed by atoms with E-state index in [-0.39, 0.29) is 0 Å². The molecule has 0 atom stereocenters. The van der Waals surface area contributed by atoms with Crippen molar-refractivity contribution in [3.8, 4) is 0 Å². The van der Waals surface area contributed by atoms with Gasteiger partial charge in [0.05, 0.1) is 23.1 Å². The van der Waals surface area contributed by atoms with Gasteiger partial charge in [-0.3, -0.25) is 4.98 Å². The van der Waals surface area contributed by atoms with E-state index in [1.165, 1.54) is 11.1 Å². The lowest BCUT2D eigenvalue weighted by atomic mass is 10.2. The average molecular weight is 380 g/mol. The molecule has 0 N–H and O–H groups in total. The number of pyridine rings is 1. The summed E-state index contributed by atoms with van der Waals surface area (Å²) in [5, 5.41) is 1.41. The van der Waals surface area contributed by atoms with Gasteiger partial charge in [0.1, 0.15) is 5.52 Å². The molecule has 0 aliphatic heterocycles. The van der Waals surface area contributed by atoms with Gasteiger partial charge in [-0.25, -0.2) is 4.98 Å². The molecular formula is C18H19Cl2N3S. The lowest BCUT2D eigenvalue weighted by Gasteiger charge is -2.08. The van der Waals surface area contributed by atoms with Gasteiger partial charge in [0.15, 0.2) is 0 Å². The Morgan fingerprint density at radius 2 is 1.96 bits per heavy atom. The van der Waals surface area contributed by atoms with Crippen molar-refractivity contribution in [2.45, 2.75) is 38.1 Å². The molecule has 3 rings (SSSR count). The summed E-state index contributed by atoms with van der Waals surface area (Å²) in [5.41, 5.74) is 4.46. The number of benzene rings is 1. The van der Waals surface area contributed by atoms with Gasteiger partial charge in [-0.15, -0.1) is 11.8 Å². The highest BCUT2D eigenvalue weighted by atomic mass is 35.5. The number of unbranched alkanes of at least 4 members (excludes halogenated alkanes) is 1. The predicted octanol–water partition coefficient (Wildman–Crippen LogP) is 5.93. The zero-order valence-corrected chi connectivity index (χ0v) is 16.0. The van der Waals surface area contributed by atoms with Crippen molar-refractivity contribution in [1.29, 1.82) is 0 Å². The molecule has 0 saturated carbocycles. The maximum Gasteiger partial charge on any atom is 0.107 e. The molecule has 3 aromatic rings. The summed E-state index contributed by atoms with van der Waals surface area (Å²) in [5.74, 6) is 1.04. The quantitative estimate of drug-likeness (QED) is 0.392. The van der Waals surface area contributed by atoms with Crippen LogP contribution >= 0.6 is 35.0 Å². The highest BCUT2D eigenvalue weighted by Gasteiger charge is 2.08. The minimum atomic E-state index is 0.677. The maximum absolute atomic E-state index is 6.20. The molecule has 0 saturated heterocycles. The van der Waals surface area contributed by atoms with Gasteiger partial charge in [0, 0.05) is 22.2 Å². The fourth-order valence-electron chi connectivity index (χ4n) is 2.65. The highest BCUT2D eigenvalue weighted by Crippen LogP contribution is 2.30. The Kier molecular flexibility index (Phi) is 5.69. The molecule has 1 aromatic carbocycles. The van der Waals surface area contributed by atoms with Crippen molar-refractivity contribution in [3.05, 3.63) is 52.0 Å². The van der Waals surface area contributed by atoms with Crippen molar-refractivity contribution >= 4 is 46.0 Å². The lowest BCUT2D eigenvalue weighted by molar-refractivity contribution is 0.648. The molecule has 24 heavy (non-hydrogen) atoms. The Morgan fingerprint density at radius 3 is 2.75 bits per heavy atom. The van der Waals surface area contributed by atoms with Crippen molar-refractivity contribution in [2.24, 2.45) is 0 Å². The molecule has 0 bridgehead atoms. The number of rotatable bonds is 6. The third kappa shape index (κ3) is 3.88. The van der Waals surface area contributed by atoms with Crippen molar-refractivity contribution in [3.63, 3.8) is 0 Å². The van der Waals surface area contributed by atoms with Crippen LogP contribution in [0.1, 0.15) is 24.1 Å². The number of nitrogens with zero attached hydrogens (tertiary/aromatic N) is 3. The Hall–Kier alpha value is -1.23. The Balaban J connectivity index is 1.55. The van der Waals surface area contributed by atoms with E-state index >= 15 is 0 Å². The van der Waals surface area contributed by atoms with Crippen LogP contribution in [0.3, 0.4) is 0 Å². The smallest absolute Gasteiger partial charge is 0.107 e. The third-order valence-electron chi connectivity index (χ3n) is 4.09. The molecule has 0 aliphatic carbocycles. The monoisotopic (exact) mass is 379 g/mol. The van der Waals surface area contributed by atoms with E-state index in [4.69, 9.17) is 23.2 Å².